The highest BCUT2D eigenvalue weighted by atomic mass is 16.2. The number of rotatable bonds is 4. The Hall–Kier alpha value is -2.96. The van der Waals surface area contributed by atoms with E-state index in [0.717, 1.165) is 10.2 Å². The normalized spacial score (nSPS) is 12.9. The first kappa shape index (κ1) is 17.8. The van der Waals surface area contributed by atoms with Gasteiger partial charge in [-0.2, -0.15) is 5.10 Å². The molecule has 7 nitrogen and oxygen atoms in total. The number of nitrogens with one attached hydrogen (secondary N) is 1. The minimum Gasteiger partial charge on any atom is -0.273 e. The van der Waals surface area contributed by atoms with E-state index < -0.39 is 0 Å². The van der Waals surface area contributed by atoms with Crippen LogP contribution >= 0.6 is 0 Å². The van der Waals surface area contributed by atoms with Gasteiger partial charge in [0.25, 0.3) is 5.56 Å². The molecule has 2 aromatic heterocycles. The molecule has 26 heavy (non-hydrogen) atoms. The topological polar surface area (TPSA) is 81.8 Å². The summed E-state index contributed by atoms with van der Waals surface area (Å²) in [6, 6.07) is 9.51. The van der Waals surface area contributed by atoms with Gasteiger partial charge in [0.1, 0.15) is 11.7 Å². The Morgan fingerprint density at radius 2 is 1.92 bits per heavy atom. The van der Waals surface area contributed by atoms with Crippen LogP contribution in [0.5, 0.6) is 0 Å². The van der Waals surface area contributed by atoms with Crippen molar-refractivity contribution in [3.05, 3.63) is 58.8 Å². The van der Waals surface area contributed by atoms with Gasteiger partial charge in [-0.05, 0) is 32.8 Å². The average Bonchev–Trinajstić information content (AvgIpc) is 3.04. The number of aromatic nitrogens is 4. The lowest BCUT2D eigenvalue weighted by atomic mass is 9.96. The predicted octanol–water partition coefficient (Wildman–Crippen LogP) is 2.61. The van der Waals surface area contributed by atoms with Crippen molar-refractivity contribution in [2.45, 2.75) is 45.6 Å². The fourth-order valence-electron chi connectivity index (χ4n) is 2.94. The zero-order valence-corrected chi connectivity index (χ0v) is 15.4. The fraction of sp³-hybridized carbons (Fsp3) is 0.368. The zero-order chi connectivity index (χ0) is 18.9. The second-order valence-corrected chi connectivity index (χ2v) is 7.23. The number of fused-ring (bicyclic) bond motifs is 1. The van der Waals surface area contributed by atoms with Crippen LogP contribution in [0.25, 0.3) is 11.0 Å². The van der Waals surface area contributed by atoms with Crippen LogP contribution in [0, 0.1) is 0 Å². The lowest BCUT2D eigenvalue weighted by molar-refractivity contribution is -0.118. The number of benzene rings is 1. The Morgan fingerprint density at radius 3 is 2.54 bits per heavy atom. The summed E-state index contributed by atoms with van der Waals surface area (Å²) >= 11 is 0. The van der Waals surface area contributed by atoms with Crippen LogP contribution < -0.4 is 11.0 Å². The van der Waals surface area contributed by atoms with E-state index in [1.54, 1.807) is 4.68 Å². The standard InChI is InChI=1S/C19H23N5O2/c1-5-14(13-9-7-6-8-10-13)17(25)22-23-12-20-16-15(18(23)26)11-21-24(16)19(2,3)4/h6-12,14H,5H2,1-4H3,(H,22,25)/t14-/m0/s1. The van der Waals surface area contributed by atoms with E-state index in [9.17, 15) is 9.59 Å². The quantitative estimate of drug-likeness (QED) is 0.782. The third-order valence-electron chi connectivity index (χ3n) is 4.28. The van der Waals surface area contributed by atoms with E-state index >= 15 is 0 Å². The molecule has 1 aromatic carbocycles. The number of carbonyl (C=O) groups excluding carboxylic acids is 1. The summed E-state index contributed by atoms with van der Waals surface area (Å²) in [6.45, 7) is 7.90. The van der Waals surface area contributed by atoms with Gasteiger partial charge in [0.15, 0.2) is 5.65 Å². The van der Waals surface area contributed by atoms with Gasteiger partial charge >= 0.3 is 0 Å². The minimum absolute atomic E-state index is 0.245. The van der Waals surface area contributed by atoms with Gasteiger partial charge in [0.05, 0.1) is 17.7 Å². The first-order valence-electron chi connectivity index (χ1n) is 8.64. The molecule has 0 aliphatic carbocycles. The summed E-state index contributed by atoms with van der Waals surface area (Å²) in [4.78, 5) is 29.7. The van der Waals surface area contributed by atoms with Gasteiger partial charge in [0.2, 0.25) is 5.91 Å². The molecule has 0 bridgehead atoms. The monoisotopic (exact) mass is 353 g/mol. The minimum atomic E-state index is -0.346. The molecule has 136 valence electrons. The van der Waals surface area contributed by atoms with Crippen LogP contribution in [0.4, 0.5) is 0 Å². The summed E-state index contributed by atoms with van der Waals surface area (Å²) in [5.41, 5.74) is 3.44. The molecule has 0 fully saturated rings. The maximum atomic E-state index is 12.7. The van der Waals surface area contributed by atoms with Crippen molar-refractivity contribution in [1.29, 1.82) is 0 Å². The molecule has 2 heterocycles. The number of hydrogen-bond donors (Lipinski definition) is 1. The van der Waals surface area contributed by atoms with Gasteiger partial charge < -0.3 is 0 Å². The molecule has 0 unspecified atom stereocenters. The molecule has 0 aliphatic heterocycles. The van der Waals surface area contributed by atoms with E-state index in [1.807, 2.05) is 58.0 Å². The zero-order valence-electron chi connectivity index (χ0n) is 15.4. The van der Waals surface area contributed by atoms with Crippen LogP contribution in [0.15, 0.2) is 47.7 Å². The largest absolute Gasteiger partial charge is 0.283 e. The van der Waals surface area contributed by atoms with E-state index in [1.165, 1.54) is 12.5 Å². The van der Waals surface area contributed by atoms with Crippen molar-refractivity contribution < 1.29 is 4.79 Å². The van der Waals surface area contributed by atoms with Gasteiger partial charge in [0, 0.05) is 0 Å². The summed E-state index contributed by atoms with van der Waals surface area (Å²) in [6.07, 6.45) is 3.46. The molecule has 1 amide bonds. The lowest BCUT2D eigenvalue weighted by Crippen LogP contribution is -2.36. The summed E-state index contributed by atoms with van der Waals surface area (Å²) in [5, 5.41) is 4.65. The van der Waals surface area contributed by atoms with Crippen molar-refractivity contribution in [2.24, 2.45) is 0 Å². The highest BCUT2D eigenvalue weighted by Crippen LogP contribution is 2.20. The fourth-order valence-corrected chi connectivity index (χ4v) is 2.94. The maximum Gasteiger partial charge on any atom is 0.283 e. The Balaban J connectivity index is 1.93. The third-order valence-corrected chi connectivity index (χ3v) is 4.28. The molecule has 7 heteroatoms. The summed E-state index contributed by atoms with van der Waals surface area (Å²) in [7, 11) is 0. The van der Waals surface area contributed by atoms with E-state index in [-0.39, 0.29) is 22.9 Å². The Kier molecular flexibility index (Phi) is 4.63. The van der Waals surface area contributed by atoms with Crippen molar-refractivity contribution in [3.8, 4) is 0 Å². The van der Waals surface area contributed by atoms with Crippen LogP contribution in [0.3, 0.4) is 0 Å². The Labute approximate surface area is 151 Å². The van der Waals surface area contributed by atoms with Crippen molar-refractivity contribution in [1.82, 2.24) is 19.4 Å². The lowest BCUT2D eigenvalue weighted by Gasteiger charge is -2.20. The number of amides is 1. The Bertz CT molecular complexity index is 983. The van der Waals surface area contributed by atoms with E-state index in [2.05, 4.69) is 15.5 Å². The summed E-state index contributed by atoms with van der Waals surface area (Å²) < 4.78 is 2.83. The SMILES string of the molecule is CC[C@H](C(=O)Nn1cnc2c(cnn2C(C)(C)C)c1=O)c1ccccc1. The smallest absolute Gasteiger partial charge is 0.273 e. The van der Waals surface area contributed by atoms with Crippen molar-refractivity contribution >= 4 is 16.9 Å². The third kappa shape index (κ3) is 3.24. The van der Waals surface area contributed by atoms with E-state index in [0.29, 0.717) is 17.5 Å². The second-order valence-electron chi connectivity index (χ2n) is 7.23. The van der Waals surface area contributed by atoms with Crippen LogP contribution in [-0.2, 0) is 10.3 Å². The molecule has 0 saturated carbocycles. The van der Waals surface area contributed by atoms with E-state index in [4.69, 9.17) is 0 Å². The highest BCUT2D eigenvalue weighted by molar-refractivity contribution is 5.90. The van der Waals surface area contributed by atoms with Gasteiger partial charge in [-0.3, -0.25) is 15.0 Å². The first-order chi connectivity index (χ1) is 12.3. The highest BCUT2D eigenvalue weighted by Gasteiger charge is 2.22. The van der Waals surface area contributed by atoms with Crippen LogP contribution in [0.2, 0.25) is 0 Å². The second kappa shape index (κ2) is 6.74. The van der Waals surface area contributed by atoms with Crippen LogP contribution in [-0.4, -0.2) is 25.3 Å². The van der Waals surface area contributed by atoms with Crippen molar-refractivity contribution in [2.75, 3.05) is 5.43 Å². The van der Waals surface area contributed by atoms with Crippen molar-refractivity contribution in [3.63, 3.8) is 0 Å². The summed E-state index contributed by atoms with van der Waals surface area (Å²) in [5.74, 6) is -0.582. The molecular formula is C19H23N5O2. The van der Waals surface area contributed by atoms with Crippen LogP contribution in [0.1, 0.15) is 45.6 Å². The molecule has 0 radical (unpaired) electrons. The number of hydrogen-bond acceptors (Lipinski definition) is 4. The molecular weight excluding hydrogens is 330 g/mol. The first-order valence-corrected chi connectivity index (χ1v) is 8.64. The number of nitrogens with zero attached hydrogens (tertiary/aromatic N) is 4. The number of carbonyl (C=O) groups is 1. The molecule has 3 rings (SSSR count). The average molecular weight is 353 g/mol. The molecule has 0 saturated heterocycles. The molecule has 0 spiro atoms. The van der Waals surface area contributed by atoms with Gasteiger partial charge in [-0.15, -0.1) is 0 Å². The molecule has 1 N–H and O–H groups in total. The van der Waals surface area contributed by atoms with Gasteiger partial charge in [-0.1, -0.05) is 37.3 Å². The predicted molar refractivity (Wildman–Crippen MR) is 101 cm³/mol. The van der Waals surface area contributed by atoms with Gasteiger partial charge in [-0.25, -0.2) is 14.3 Å². The molecule has 3 aromatic rings. The Morgan fingerprint density at radius 1 is 1.23 bits per heavy atom. The maximum absolute atomic E-state index is 12.7. The molecule has 0 aliphatic rings. The molecule has 1 atom stereocenters.